The van der Waals surface area contributed by atoms with Crippen molar-refractivity contribution in [3.63, 3.8) is 0 Å². The maximum atomic E-state index is 12.7. The molecule has 2 aliphatic heterocycles. The molecule has 0 radical (unpaired) electrons. The minimum Gasteiger partial charge on any atom is -0.350 e. The van der Waals surface area contributed by atoms with E-state index in [0.29, 0.717) is 24.2 Å². The predicted molar refractivity (Wildman–Crippen MR) is 113 cm³/mol. The van der Waals surface area contributed by atoms with Crippen LogP contribution in [0.1, 0.15) is 47.1 Å². The fraction of sp³-hybridized carbons (Fsp3) is 0.591. The molecule has 2 saturated heterocycles. The Morgan fingerprint density at radius 1 is 1.21 bits per heavy atom. The van der Waals surface area contributed by atoms with Crippen LogP contribution in [0.2, 0.25) is 0 Å². The van der Waals surface area contributed by atoms with Gasteiger partial charge >= 0.3 is 0 Å². The summed E-state index contributed by atoms with van der Waals surface area (Å²) in [5, 5.41) is 14.9. The van der Waals surface area contributed by atoms with Gasteiger partial charge in [-0.3, -0.25) is 4.79 Å². The lowest BCUT2D eigenvalue weighted by Gasteiger charge is -2.23. The Morgan fingerprint density at radius 3 is 2.79 bits per heavy atom. The second-order valence-corrected chi connectivity index (χ2v) is 8.35. The monoisotopic (exact) mass is 396 g/mol. The number of rotatable bonds is 7. The molecule has 1 aromatic carbocycles. The maximum absolute atomic E-state index is 12.7. The van der Waals surface area contributed by atoms with Gasteiger partial charge in [-0.25, -0.2) is 4.68 Å². The molecule has 0 spiro atoms. The summed E-state index contributed by atoms with van der Waals surface area (Å²) in [5.74, 6) is 0.417. The second kappa shape index (κ2) is 9.50. The van der Waals surface area contributed by atoms with Crippen LogP contribution in [-0.4, -0.2) is 65.1 Å². The summed E-state index contributed by atoms with van der Waals surface area (Å²) >= 11 is 0. The number of nitrogens with one attached hydrogen (secondary N) is 2. The van der Waals surface area contributed by atoms with E-state index in [9.17, 15) is 4.79 Å². The van der Waals surface area contributed by atoms with E-state index < -0.39 is 0 Å². The number of nitrogens with zero attached hydrogens (tertiary/aromatic N) is 4. The summed E-state index contributed by atoms with van der Waals surface area (Å²) in [4.78, 5) is 15.2. The van der Waals surface area contributed by atoms with Crippen molar-refractivity contribution in [1.82, 2.24) is 30.5 Å². The number of likely N-dealkylation sites (tertiary alicyclic amines) is 1. The molecule has 2 N–H and O–H groups in total. The molecule has 1 amide bonds. The summed E-state index contributed by atoms with van der Waals surface area (Å²) in [7, 11) is 0. The first-order valence-corrected chi connectivity index (χ1v) is 10.9. The fourth-order valence-electron chi connectivity index (χ4n) is 4.48. The second-order valence-electron chi connectivity index (χ2n) is 8.35. The van der Waals surface area contributed by atoms with Crippen molar-refractivity contribution in [2.24, 2.45) is 5.92 Å². The topological polar surface area (TPSA) is 75.1 Å². The minimum atomic E-state index is -0.0922. The summed E-state index contributed by atoms with van der Waals surface area (Å²) in [6.07, 6.45) is 4.28. The third-order valence-electron chi connectivity index (χ3n) is 6.28. The molecule has 156 valence electrons. The molecule has 2 aliphatic rings. The van der Waals surface area contributed by atoms with Crippen LogP contribution in [0.4, 0.5) is 0 Å². The molecule has 0 bridgehead atoms. The molecule has 29 heavy (non-hydrogen) atoms. The number of piperidine rings is 1. The third kappa shape index (κ3) is 5.03. The summed E-state index contributed by atoms with van der Waals surface area (Å²) in [5.41, 5.74) is 2.74. The van der Waals surface area contributed by atoms with Crippen LogP contribution < -0.4 is 10.6 Å². The summed E-state index contributed by atoms with van der Waals surface area (Å²) in [6, 6.07) is 11.0. The first-order valence-electron chi connectivity index (χ1n) is 10.9. The van der Waals surface area contributed by atoms with Gasteiger partial charge in [0.05, 0.1) is 11.7 Å². The summed E-state index contributed by atoms with van der Waals surface area (Å²) < 4.78 is 1.94. The number of carbonyl (C=O) groups excluding carboxylic acids is 1. The standard InChI is InChI=1S/C22H32N6O/c1-17-21(25-26-28(17)20-7-11-23-12-8-20)22(29)24-15-19-10-14-27(16-19)13-9-18-5-3-2-4-6-18/h2-6,19-20,23H,7-16H2,1H3,(H,24,29). The van der Waals surface area contributed by atoms with Crippen LogP contribution in [-0.2, 0) is 6.42 Å². The van der Waals surface area contributed by atoms with Crippen molar-refractivity contribution in [3.05, 3.63) is 47.3 Å². The molecule has 2 aromatic rings. The van der Waals surface area contributed by atoms with Gasteiger partial charge in [0.1, 0.15) is 0 Å². The Kier molecular flexibility index (Phi) is 6.56. The van der Waals surface area contributed by atoms with E-state index in [1.54, 1.807) is 0 Å². The van der Waals surface area contributed by atoms with Crippen molar-refractivity contribution in [3.8, 4) is 0 Å². The lowest BCUT2D eigenvalue weighted by atomic mass is 10.1. The lowest BCUT2D eigenvalue weighted by molar-refractivity contribution is 0.0941. The highest BCUT2D eigenvalue weighted by Crippen LogP contribution is 2.20. The van der Waals surface area contributed by atoms with Crippen molar-refractivity contribution in [2.75, 3.05) is 39.3 Å². The zero-order chi connectivity index (χ0) is 20.1. The molecule has 4 rings (SSSR count). The smallest absolute Gasteiger partial charge is 0.273 e. The molecule has 1 atom stereocenters. The van der Waals surface area contributed by atoms with Gasteiger partial charge in [-0.1, -0.05) is 35.5 Å². The van der Waals surface area contributed by atoms with Gasteiger partial charge in [-0.15, -0.1) is 5.10 Å². The molecule has 0 aliphatic carbocycles. The Bertz CT molecular complexity index is 799. The van der Waals surface area contributed by atoms with Gasteiger partial charge in [0.25, 0.3) is 5.91 Å². The van der Waals surface area contributed by atoms with Gasteiger partial charge in [0.15, 0.2) is 5.69 Å². The molecule has 3 heterocycles. The Morgan fingerprint density at radius 2 is 2.00 bits per heavy atom. The first kappa shape index (κ1) is 20.0. The van der Waals surface area contributed by atoms with Crippen molar-refractivity contribution >= 4 is 5.91 Å². The highest BCUT2D eigenvalue weighted by Gasteiger charge is 2.25. The van der Waals surface area contributed by atoms with E-state index in [1.807, 2.05) is 11.6 Å². The quantitative estimate of drug-likeness (QED) is 0.747. The number of carbonyl (C=O) groups is 1. The van der Waals surface area contributed by atoms with Crippen LogP contribution in [0.25, 0.3) is 0 Å². The molecule has 1 unspecified atom stereocenters. The molecular weight excluding hydrogens is 364 g/mol. The molecule has 0 saturated carbocycles. The van der Waals surface area contributed by atoms with E-state index in [4.69, 9.17) is 0 Å². The zero-order valence-corrected chi connectivity index (χ0v) is 17.3. The fourth-order valence-corrected chi connectivity index (χ4v) is 4.48. The van der Waals surface area contributed by atoms with Crippen molar-refractivity contribution < 1.29 is 4.79 Å². The van der Waals surface area contributed by atoms with Crippen LogP contribution in [0, 0.1) is 12.8 Å². The van der Waals surface area contributed by atoms with E-state index in [-0.39, 0.29) is 5.91 Å². The maximum Gasteiger partial charge on any atom is 0.273 e. The van der Waals surface area contributed by atoms with Gasteiger partial charge in [-0.05, 0) is 63.7 Å². The van der Waals surface area contributed by atoms with Gasteiger partial charge in [0.2, 0.25) is 0 Å². The minimum absolute atomic E-state index is 0.0922. The summed E-state index contributed by atoms with van der Waals surface area (Å²) in [6.45, 7) is 7.89. The zero-order valence-electron chi connectivity index (χ0n) is 17.3. The molecule has 7 heteroatoms. The third-order valence-corrected chi connectivity index (χ3v) is 6.28. The molecular formula is C22H32N6O. The Hall–Kier alpha value is -2.25. The normalized spacial score (nSPS) is 20.8. The van der Waals surface area contributed by atoms with Crippen LogP contribution in [0.5, 0.6) is 0 Å². The molecule has 7 nitrogen and oxygen atoms in total. The number of benzene rings is 1. The van der Waals surface area contributed by atoms with Crippen LogP contribution in [0.15, 0.2) is 30.3 Å². The first-order chi connectivity index (χ1) is 14.2. The highest BCUT2D eigenvalue weighted by atomic mass is 16.2. The number of aromatic nitrogens is 3. The SMILES string of the molecule is Cc1c(C(=O)NCC2CCN(CCc3ccccc3)C2)nnn1C1CCNCC1. The number of hydrogen-bond acceptors (Lipinski definition) is 5. The van der Waals surface area contributed by atoms with Gasteiger partial charge in [0, 0.05) is 19.6 Å². The van der Waals surface area contributed by atoms with E-state index in [2.05, 4.69) is 56.2 Å². The van der Waals surface area contributed by atoms with E-state index in [1.165, 1.54) is 5.56 Å². The van der Waals surface area contributed by atoms with Gasteiger partial charge in [-0.2, -0.15) is 0 Å². The Balaban J connectivity index is 1.23. The molecule has 1 aromatic heterocycles. The van der Waals surface area contributed by atoms with Gasteiger partial charge < -0.3 is 15.5 Å². The van der Waals surface area contributed by atoms with Crippen molar-refractivity contribution in [1.29, 1.82) is 0 Å². The average molecular weight is 397 g/mol. The number of hydrogen-bond donors (Lipinski definition) is 2. The highest BCUT2D eigenvalue weighted by molar-refractivity contribution is 5.93. The van der Waals surface area contributed by atoms with Crippen LogP contribution in [0.3, 0.4) is 0 Å². The Labute approximate surface area is 172 Å². The van der Waals surface area contributed by atoms with Crippen molar-refractivity contribution in [2.45, 2.75) is 38.6 Å². The van der Waals surface area contributed by atoms with Crippen LogP contribution >= 0.6 is 0 Å². The number of amides is 1. The predicted octanol–water partition coefficient (Wildman–Crippen LogP) is 1.81. The average Bonchev–Trinajstić information content (AvgIpc) is 3.38. The largest absolute Gasteiger partial charge is 0.350 e. The van der Waals surface area contributed by atoms with E-state index in [0.717, 1.165) is 64.1 Å². The lowest BCUT2D eigenvalue weighted by Crippen LogP contribution is -2.32. The van der Waals surface area contributed by atoms with E-state index >= 15 is 0 Å². The molecule has 2 fully saturated rings.